The first kappa shape index (κ1) is 18.0. The lowest BCUT2D eigenvalue weighted by molar-refractivity contribution is -0.124. The van der Waals surface area contributed by atoms with Crippen LogP contribution < -0.4 is 10.7 Å². The fourth-order valence-corrected chi connectivity index (χ4v) is 2.23. The quantitative estimate of drug-likeness (QED) is 0.602. The molecule has 1 aromatic carbocycles. The van der Waals surface area contributed by atoms with Gasteiger partial charge in [-0.05, 0) is 37.3 Å². The molecule has 2 N–H and O–H groups in total. The van der Waals surface area contributed by atoms with Gasteiger partial charge < -0.3 is 9.73 Å². The van der Waals surface area contributed by atoms with E-state index in [0.29, 0.717) is 21.5 Å². The van der Waals surface area contributed by atoms with Crippen molar-refractivity contribution in [1.29, 1.82) is 0 Å². The molecule has 0 atom stereocenters. The van der Waals surface area contributed by atoms with Gasteiger partial charge >= 0.3 is 0 Å². The molecule has 0 spiro atoms. The van der Waals surface area contributed by atoms with Gasteiger partial charge in [0.15, 0.2) is 0 Å². The topological polar surface area (TPSA) is 83.7 Å². The first-order chi connectivity index (χ1) is 11.4. The molecule has 2 rings (SSSR count). The van der Waals surface area contributed by atoms with Gasteiger partial charge in [-0.3, -0.25) is 9.59 Å². The van der Waals surface area contributed by atoms with Crippen LogP contribution in [-0.2, 0) is 9.59 Å². The third-order valence-electron chi connectivity index (χ3n) is 2.93. The molecule has 0 aliphatic heterocycles. The minimum absolute atomic E-state index is 0.000167. The summed E-state index contributed by atoms with van der Waals surface area (Å²) in [5.74, 6) is 0.565. The van der Waals surface area contributed by atoms with Gasteiger partial charge in [-0.15, -0.1) is 0 Å². The number of nitrogens with zero attached hydrogens (tertiary/aromatic N) is 1. The van der Waals surface area contributed by atoms with E-state index in [4.69, 9.17) is 27.6 Å². The maximum atomic E-state index is 11.8. The van der Waals surface area contributed by atoms with E-state index in [1.165, 1.54) is 12.3 Å². The number of furan rings is 1. The first-order valence-corrected chi connectivity index (χ1v) is 7.83. The van der Waals surface area contributed by atoms with Gasteiger partial charge in [-0.25, -0.2) is 5.43 Å². The standard InChI is InChI=1S/C16H15Cl2N3O3/c1-10-2-4-12(24-10)9-19-21-16(23)7-6-15(22)20-14-5-3-11(17)8-13(14)18/h2-5,8-9H,6-7H2,1H3,(H,20,22)(H,21,23). The number of aryl methyl sites for hydroxylation is 1. The largest absolute Gasteiger partial charge is 0.460 e. The summed E-state index contributed by atoms with van der Waals surface area (Å²) >= 11 is 11.7. The Morgan fingerprint density at radius 3 is 2.58 bits per heavy atom. The highest BCUT2D eigenvalue weighted by Crippen LogP contribution is 2.25. The second kappa shape index (κ2) is 8.52. The predicted molar refractivity (Wildman–Crippen MR) is 93.5 cm³/mol. The number of hydrogen-bond donors (Lipinski definition) is 2. The number of carbonyl (C=O) groups is 2. The average molecular weight is 368 g/mol. The van der Waals surface area contributed by atoms with Gasteiger partial charge in [0.2, 0.25) is 11.8 Å². The lowest BCUT2D eigenvalue weighted by Gasteiger charge is -2.07. The van der Waals surface area contributed by atoms with Gasteiger partial charge in [-0.2, -0.15) is 5.10 Å². The van der Waals surface area contributed by atoms with Crippen molar-refractivity contribution in [3.63, 3.8) is 0 Å². The summed E-state index contributed by atoms with van der Waals surface area (Å²) in [4.78, 5) is 23.4. The van der Waals surface area contributed by atoms with Crippen LogP contribution in [0.15, 0.2) is 39.9 Å². The van der Waals surface area contributed by atoms with Crippen molar-refractivity contribution in [2.24, 2.45) is 5.10 Å². The molecule has 2 amide bonds. The third kappa shape index (κ3) is 5.72. The van der Waals surface area contributed by atoms with Crippen molar-refractivity contribution < 1.29 is 14.0 Å². The molecule has 0 saturated carbocycles. The Balaban J connectivity index is 1.74. The van der Waals surface area contributed by atoms with Crippen molar-refractivity contribution in [3.8, 4) is 0 Å². The molecule has 0 aliphatic rings. The molecule has 0 saturated heterocycles. The summed E-state index contributed by atoms with van der Waals surface area (Å²) in [5, 5.41) is 7.18. The van der Waals surface area contributed by atoms with E-state index < -0.39 is 0 Å². The Morgan fingerprint density at radius 2 is 1.92 bits per heavy atom. The molecule has 0 bridgehead atoms. The van der Waals surface area contributed by atoms with Crippen molar-refractivity contribution in [2.75, 3.05) is 5.32 Å². The number of benzene rings is 1. The molecule has 24 heavy (non-hydrogen) atoms. The zero-order valence-corrected chi connectivity index (χ0v) is 14.3. The van der Waals surface area contributed by atoms with Gasteiger partial charge in [-0.1, -0.05) is 23.2 Å². The second-order valence-electron chi connectivity index (χ2n) is 4.91. The summed E-state index contributed by atoms with van der Waals surface area (Å²) < 4.78 is 5.26. The molecular formula is C16H15Cl2N3O3. The van der Waals surface area contributed by atoms with E-state index in [1.54, 1.807) is 24.3 Å². The van der Waals surface area contributed by atoms with Crippen LogP contribution in [0.3, 0.4) is 0 Å². The molecule has 8 heteroatoms. The van der Waals surface area contributed by atoms with Crippen LogP contribution in [0.1, 0.15) is 24.4 Å². The van der Waals surface area contributed by atoms with E-state index in [-0.39, 0.29) is 24.7 Å². The second-order valence-corrected chi connectivity index (χ2v) is 5.76. The number of nitrogens with one attached hydrogen (secondary N) is 2. The molecular weight excluding hydrogens is 353 g/mol. The molecule has 2 aromatic rings. The SMILES string of the molecule is Cc1ccc(C=NNC(=O)CCC(=O)Nc2ccc(Cl)cc2Cl)o1. The Bertz CT molecular complexity index is 772. The van der Waals surface area contributed by atoms with Crippen LogP contribution in [0.5, 0.6) is 0 Å². The summed E-state index contributed by atoms with van der Waals surface area (Å²) in [6.45, 7) is 1.81. The maximum absolute atomic E-state index is 11.8. The molecule has 0 aliphatic carbocycles. The summed E-state index contributed by atoms with van der Waals surface area (Å²) in [6, 6.07) is 8.25. The summed E-state index contributed by atoms with van der Waals surface area (Å²) in [7, 11) is 0. The van der Waals surface area contributed by atoms with E-state index in [2.05, 4.69) is 15.8 Å². The Morgan fingerprint density at radius 1 is 1.17 bits per heavy atom. The molecule has 6 nitrogen and oxygen atoms in total. The zero-order chi connectivity index (χ0) is 17.5. The summed E-state index contributed by atoms with van der Waals surface area (Å²) in [5.41, 5.74) is 2.77. The zero-order valence-electron chi connectivity index (χ0n) is 12.8. The molecule has 126 valence electrons. The minimum atomic E-state index is -0.383. The van der Waals surface area contributed by atoms with Crippen LogP contribution in [0, 0.1) is 6.92 Å². The van der Waals surface area contributed by atoms with Crippen LogP contribution >= 0.6 is 23.2 Å². The lowest BCUT2D eigenvalue weighted by atomic mass is 10.2. The molecule has 0 radical (unpaired) electrons. The van der Waals surface area contributed by atoms with E-state index in [0.717, 1.165) is 5.76 Å². The summed E-state index contributed by atoms with van der Waals surface area (Å²) in [6.07, 6.45) is 1.38. The van der Waals surface area contributed by atoms with Gasteiger partial charge in [0, 0.05) is 17.9 Å². The van der Waals surface area contributed by atoms with Crippen molar-refractivity contribution in [2.45, 2.75) is 19.8 Å². The van der Waals surface area contributed by atoms with Gasteiger partial charge in [0.25, 0.3) is 0 Å². The number of anilines is 1. The average Bonchev–Trinajstić information content (AvgIpc) is 2.93. The molecule has 0 fully saturated rings. The number of amides is 2. The van der Waals surface area contributed by atoms with Gasteiger partial charge in [0.05, 0.1) is 16.9 Å². The minimum Gasteiger partial charge on any atom is -0.460 e. The highest BCUT2D eigenvalue weighted by atomic mass is 35.5. The fraction of sp³-hybridized carbons (Fsp3) is 0.188. The number of carbonyl (C=O) groups excluding carboxylic acids is 2. The van der Waals surface area contributed by atoms with E-state index >= 15 is 0 Å². The Hall–Kier alpha value is -2.31. The monoisotopic (exact) mass is 367 g/mol. The lowest BCUT2D eigenvalue weighted by Crippen LogP contribution is -2.20. The van der Waals surface area contributed by atoms with Crippen molar-refractivity contribution >= 4 is 46.9 Å². The van der Waals surface area contributed by atoms with Crippen LogP contribution in [0.2, 0.25) is 10.0 Å². The first-order valence-electron chi connectivity index (χ1n) is 7.07. The molecule has 0 unspecified atom stereocenters. The number of halogens is 2. The van der Waals surface area contributed by atoms with Crippen LogP contribution in [0.4, 0.5) is 5.69 Å². The van der Waals surface area contributed by atoms with Crippen LogP contribution in [-0.4, -0.2) is 18.0 Å². The Labute approximate surface area is 148 Å². The maximum Gasteiger partial charge on any atom is 0.240 e. The predicted octanol–water partition coefficient (Wildman–Crippen LogP) is 3.76. The van der Waals surface area contributed by atoms with Crippen LogP contribution in [0.25, 0.3) is 0 Å². The Kier molecular flexibility index (Phi) is 6.40. The fourth-order valence-electron chi connectivity index (χ4n) is 1.78. The normalized spacial score (nSPS) is 10.8. The highest BCUT2D eigenvalue weighted by Gasteiger charge is 2.09. The smallest absolute Gasteiger partial charge is 0.240 e. The number of rotatable bonds is 6. The number of hydrogen-bond acceptors (Lipinski definition) is 4. The van der Waals surface area contributed by atoms with Gasteiger partial charge in [0.1, 0.15) is 11.5 Å². The number of hydrazone groups is 1. The molecule has 1 aromatic heterocycles. The van der Waals surface area contributed by atoms with E-state index in [9.17, 15) is 9.59 Å². The van der Waals surface area contributed by atoms with Crippen molar-refractivity contribution in [3.05, 3.63) is 51.9 Å². The van der Waals surface area contributed by atoms with E-state index in [1.807, 2.05) is 6.92 Å². The van der Waals surface area contributed by atoms with Crippen molar-refractivity contribution in [1.82, 2.24) is 5.43 Å². The highest BCUT2D eigenvalue weighted by molar-refractivity contribution is 6.36. The third-order valence-corrected chi connectivity index (χ3v) is 3.47. The molecule has 1 heterocycles.